The molecule has 2 aromatic carbocycles. The van der Waals surface area contributed by atoms with Crippen LogP contribution in [0.5, 0.6) is 5.75 Å². The van der Waals surface area contributed by atoms with Gasteiger partial charge in [0, 0.05) is 18.8 Å². The van der Waals surface area contributed by atoms with E-state index in [0.717, 1.165) is 5.56 Å². The summed E-state index contributed by atoms with van der Waals surface area (Å²) in [6, 6.07) is 14.3. The van der Waals surface area contributed by atoms with Gasteiger partial charge in [0.05, 0.1) is 13.0 Å². The number of carbonyl (C=O) groups is 1. The van der Waals surface area contributed by atoms with Crippen LogP contribution >= 0.6 is 0 Å². The number of ether oxygens (including phenoxy) is 1. The Bertz CT molecular complexity index is 913. The van der Waals surface area contributed by atoms with Gasteiger partial charge in [-0.05, 0) is 49.6 Å². The maximum Gasteiger partial charge on any atom is 0.246 e. The van der Waals surface area contributed by atoms with Crippen LogP contribution in [0, 0.1) is 12.8 Å². The van der Waals surface area contributed by atoms with E-state index in [-0.39, 0.29) is 23.3 Å². The number of methoxy groups -OCH3 is 1. The predicted octanol–water partition coefficient (Wildman–Crippen LogP) is 3.04. The highest BCUT2D eigenvalue weighted by Crippen LogP contribution is 2.30. The first-order chi connectivity index (χ1) is 12.9. The monoisotopic (exact) mass is 388 g/mol. The summed E-state index contributed by atoms with van der Waals surface area (Å²) in [5.41, 5.74) is 1.55. The summed E-state index contributed by atoms with van der Waals surface area (Å²) < 4.78 is 33.0. The molecule has 0 spiro atoms. The second-order valence-electron chi connectivity index (χ2n) is 6.71. The lowest BCUT2D eigenvalue weighted by Crippen LogP contribution is -2.43. The van der Waals surface area contributed by atoms with Crippen molar-refractivity contribution in [3.8, 4) is 5.75 Å². The molecule has 1 fully saturated rings. The topological polar surface area (TPSA) is 75.7 Å². The molecule has 0 bridgehead atoms. The molecule has 1 aliphatic rings. The number of rotatable bonds is 5. The molecule has 6 nitrogen and oxygen atoms in total. The lowest BCUT2D eigenvalue weighted by atomic mass is 9.99. The Kier molecular flexibility index (Phi) is 5.82. The van der Waals surface area contributed by atoms with E-state index in [1.54, 1.807) is 12.1 Å². The fourth-order valence-corrected chi connectivity index (χ4v) is 5.03. The third-order valence-corrected chi connectivity index (χ3v) is 6.62. The molecule has 0 aliphatic carbocycles. The SMILES string of the molecule is COc1ccc(C)cc1S(=O)(=O)N1CCC[C@H](C(=O)Nc2ccccc2)C1. The smallest absolute Gasteiger partial charge is 0.246 e. The van der Waals surface area contributed by atoms with E-state index in [1.807, 2.05) is 43.3 Å². The molecule has 3 rings (SSSR count). The van der Waals surface area contributed by atoms with Crippen LogP contribution in [0.1, 0.15) is 18.4 Å². The molecule has 7 heteroatoms. The maximum atomic E-state index is 13.2. The molecule has 0 unspecified atom stereocenters. The number of aryl methyl sites for hydroxylation is 1. The Morgan fingerprint density at radius 3 is 2.63 bits per heavy atom. The van der Waals surface area contributed by atoms with Crippen LogP contribution in [0.3, 0.4) is 0 Å². The molecule has 2 aromatic rings. The van der Waals surface area contributed by atoms with Crippen LogP contribution in [0.25, 0.3) is 0 Å². The molecule has 1 heterocycles. The number of hydrogen-bond acceptors (Lipinski definition) is 4. The number of carbonyl (C=O) groups excluding carboxylic acids is 1. The zero-order chi connectivity index (χ0) is 19.4. The zero-order valence-electron chi connectivity index (χ0n) is 15.5. The summed E-state index contributed by atoms with van der Waals surface area (Å²) in [6.45, 7) is 2.40. The molecule has 144 valence electrons. The van der Waals surface area contributed by atoms with E-state index in [4.69, 9.17) is 4.74 Å². The minimum atomic E-state index is -3.74. The maximum absolute atomic E-state index is 13.2. The first-order valence-corrected chi connectivity index (χ1v) is 10.4. The Morgan fingerprint density at radius 2 is 1.93 bits per heavy atom. The van der Waals surface area contributed by atoms with Crippen LogP contribution in [-0.4, -0.2) is 38.8 Å². The molecule has 1 amide bonds. The number of hydrogen-bond donors (Lipinski definition) is 1. The number of nitrogens with zero attached hydrogens (tertiary/aromatic N) is 1. The van der Waals surface area contributed by atoms with Gasteiger partial charge in [0.25, 0.3) is 0 Å². The second kappa shape index (κ2) is 8.10. The van der Waals surface area contributed by atoms with E-state index < -0.39 is 10.0 Å². The van der Waals surface area contributed by atoms with Gasteiger partial charge >= 0.3 is 0 Å². The van der Waals surface area contributed by atoms with E-state index in [0.29, 0.717) is 30.8 Å². The number of sulfonamides is 1. The van der Waals surface area contributed by atoms with Crippen molar-refractivity contribution in [1.29, 1.82) is 0 Å². The van der Waals surface area contributed by atoms with Gasteiger partial charge in [-0.15, -0.1) is 0 Å². The largest absolute Gasteiger partial charge is 0.495 e. The van der Waals surface area contributed by atoms with Gasteiger partial charge in [-0.25, -0.2) is 8.42 Å². The highest BCUT2D eigenvalue weighted by atomic mass is 32.2. The number of benzene rings is 2. The van der Waals surface area contributed by atoms with E-state index >= 15 is 0 Å². The van der Waals surface area contributed by atoms with Gasteiger partial charge < -0.3 is 10.1 Å². The van der Waals surface area contributed by atoms with Crippen molar-refractivity contribution in [1.82, 2.24) is 4.31 Å². The molecule has 1 saturated heterocycles. The highest BCUT2D eigenvalue weighted by molar-refractivity contribution is 7.89. The van der Waals surface area contributed by atoms with Crippen molar-refractivity contribution in [3.05, 3.63) is 54.1 Å². The van der Waals surface area contributed by atoms with Gasteiger partial charge in [0.1, 0.15) is 10.6 Å². The number of para-hydroxylation sites is 1. The first kappa shape index (κ1) is 19.4. The summed E-state index contributed by atoms with van der Waals surface area (Å²) in [5, 5.41) is 2.87. The molecular formula is C20H24N2O4S. The lowest BCUT2D eigenvalue weighted by molar-refractivity contribution is -0.120. The van der Waals surface area contributed by atoms with Crippen LogP contribution in [-0.2, 0) is 14.8 Å². The van der Waals surface area contributed by atoms with Crippen LogP contribution in [0.4, 0.5) is 5.69 Å². The van der Waals surface area contributed by atoms with Gasteiger partial charge in [0.2, 0.25) is 15.9 Å². The Hall–Kier alpha value is -2.38. The van der Waals surface area contributed by atoms with Gasteiger partial charge in [-0.1, -0.05) is 24.3 Å². The predicted molar refractivity (Wildman–Crippen MR) is 104 cm³/mol. The van der Waals surface area contributed by atoms with Crippen molar-refractivity contribution in [2.24, 2.45) is 5.92 Å². The summed E-state index contributed by atoms with van der Waals surface area (Å²) in [5.74, 6) is -0.224. The Morgan fingerprint density at radius 1 is 1.19 bits per heavy atom. The number of amides is 1. The van der Waals surface area contributed by atoms with E-state index in [2.05, 4.69) is 5.32 Å². The van der Waals surface area contributed by atoms with Crippen molar-refractivity contribution < 1.29 is 17.9 Å². The zero-order valence-corrected chi connectivity index (χ0v) is 16.3. The average molecular weight is 388 g/mol. The first-order valence-electron chi connectivity index (χ1n) is 8.92. The fraction of sp³-hybridized carbons (Fsp3) is 0.350. The molecule has 1 atom stereocenters. The summed E-state index contributed by atoms with van der Waals surface area (Å²) in [6.07, 6.45) is 1.30. The lowest BCUT2D eigenvalue weighted by Gasteiger charge is -2.31. The Balaban J connectivity index is 1.79. The van der Waals surface area contributed by atoms with Crippen LogP contribution in [0.15, 0.2) is 53.4 Å². The molecule has 27 heavy (non-hydrogen) atoms. The fourth-order valence-electron chi connectivity index (χ4n) is 3.27. The quantitative estimate of drug-likeness (QED) is 0.854. The van der Waals surface area contributed by atoms with Crippen molar-refractivity contribution >= 4 is 21.6 Å². The summed E-state index contributed by atoms with van der Waals surface area (Å²) in [4.78, 5) is 12.7. The highest BCUT2D eigenvalue weighted by Gasteiger charge is 2.34. The van der Waals surface area contributed by atoms with Crippen LogP contribution in [0.2, 0.25) is 0 Å². The number of piperidine rings is 1. The van der Waals surface area contributed by atoms with Crippen molar-refractivity contribution in [2.45, 2.75) is 24.7 Å². The van der Waals surface area contributed by atoms with E-state index in [1.165, 1.54) is 11.4 Å². The van der Waals surface area contributed by atoms with Crippen LogP contribution < -0.4 is 10.1 Å². The molecular weight excluding hydrogens is 364 g/mol. The molecule has 0 radical (unpaired) electrons. The molecule has 1 N–H and O–H groups in total. The molecule has 0 saturated carbocycles. The number of anilines is 1. The second-order valence-corrected chi connectivity index (χ2v) is 8.62. The third kappa shape index (κ3) is 4.31. The minimum absolute atomic E-state index is 0.147. The number of nitrogens with one attached hydrogen (secondary N) is 1. The van der Waals surface area contributed by atoms with Gasteiger partial charge in [-0.2, -0.15) is 4.31 Å². The van der Waals surface area contributed by atoms with Gasteiger partial charge in [-0.3, -0.25) is 4.79 Å². The standard InChI is InChI=1S/C20H24N2O4S/c1-15-10-11-18(26-2)19(13-15)27(24,25)22-12-6-7-16(14-22)20(23)21-17-8-4-3-5-9-17/h3-5,8-11,13,16H,6-7,12,14H2,1-2H3,(H,21,23)/t16-/m0/s1. The summed E-state index contributed by atoms with van der Waals surface area (Å²) >= 11 is 0. The average Bonchev–Trinajstić information content (AvgIpc) is 2.69. The van der Waals surface area contributed by atoms with Crippen molar-refractivity contribution in [2.75, 3.05) is 25.5 Å². The Labute approximate surface area is 160 Å². The van der Waals surface area contributed by atoms with Crippen molar-refractivity contribution in [3.63, 3.8) is 0 Å². The normalized spacial score (nSPS) is 18.1. The summed E-state index contributed by atoms with van der Waals surface area (Å²) in [7, 11) is -2.28. The third-order valence-electron chi connectivity index (χ3n) is 4.73. The van der Waals surface area contributed by atoms with E-state index in [9.17, 15) is 13.2 Å². The minimum Gasteiger partial charge on any atom is -0.495 e. The molecule has 0 aromatic heterocycles. The van der Waals surface area contributed by atoms with Gasteiger partial charge in [0.15, 0.2) is 0 Å². The molecule has 1 aliphatic heterocycles.